The summed E-state index contributed by atoms with van der Waals surface area (Å²) in [7, 11) is 0. The third-order valence-electron chi connectivity index (χ3n) is 3.24. The van der Waals surface area contributed by atoms with E-state index in [2.05, 4.69) is 15.4 Å². The van der Waals surface area contributed by atoms with Gasteiger partial charge in [-0.05, 0) is 29.8 Å². The van der Waals surface area contributed by atoms with Gasteiger partial charge in [0.15, 0.2) is 0 Å². The van der Waals surface area contributed by atoms with Gasteiger partial charge in [0.25, 0.3) is 5.91 Å². The first-order chi connectivity index (χ1) is 11.1. The van der Waals surface area contributed by atoms with Crippen LogP contribution >= 0.6 is 23.2 Å². The molecule has 1 heterocycles. The van der Waals surface area contributed by atoms with Gasteiger partial charge in [0.05, 0.1) is 17.1 Å². The summed E-state index contributed by atoms with van der Waals surface area (Å²) in [5.74, 6) is -0.294. The summed E-state index contributed by atoms with van der Waals surface area (Å²) < 4.78 is 1.68. The van der Waals surface area contributed by atoms with Gasteiger partial charge in [0.2, 0.25) is 0 Å². The predicted octanol–water partition coefficient (Wildman–Crippen LogP) is 3.89. The number of amides is 1. The second kappa shape index (κ2) is 6.81. The smallest absolute Gasteiger partial charge is 0.257 e. The van der Waals surface area contributed by atoms with E-state index >= 15 is 0 Å². The van der Waals surface area contributed by atoms with Crippen molar-refractivity contribution in [1.82, 2.24) is 14.8 Å². The van der Waals surface area contributed by atoms with Crippen molar-refractivity contribution in [2.24, 2.45) is 0 Å². The minimum Gasteiger partial charge on any atom is -0.322 e. The summed E-state index contributed by atoms with van der Waals surface area (Å²) >= 11 is 11.9. The van der Waals surface area contributed by atoms with E-state index in [9.17, 15) is 4.79 Å². The number of nitrogens with one attached hydrogen (secondary N) is 1. The zero-order valence-corrected chi connectivity index (χ0v) is 13.4. The first-order valence-corrected chi connectivity index (χ1v) is 7.56. The number of hydrogen-bond donors (Lipinski definition) is 1. The molecule has 0 unspecified atom stereocenters. The van der Waals surface area contributed by atoms with Crippen LogP contribution in [0.25, 0.3) is 0 Å². The molecule has 3 aromatic rings. The van der Waals surface area contributed by atoms with Crippen LogP contribution in [0.5, 0.6) is 0 Å². The van der Waals surface area contributed by atoms with E-state index < -0.39 is 0 Å². The molecule has 1 N–H and O–H groups in total. The number of para-hydroxylation sites is 1. The number of halogens is 2. The van der Waals surface area contributed by atoms with Gasteiger partial charge >= 0.3 is 0 Å². The summed E-state index contributed by atoms with van der Waals surface area (Å²) in [4.78, 5) is 16.3. The lowest BCUT2D eigenvalue weighted by atomic mass is 10.1. The lowest BCUT2D eigenvalue weighted by Crippen LogP contribution is -2.14. The Morgan fingerprint density at radius 3 is 2.74 bits per heavy atom. The van der Waals surface area contributed by atoms with Crippen LogP contribution in [0.4, 0.5) is 5.69 Å². The van der Waals surface area contributed by atoms with Crippen LogP contribution in [0.1, 0.15) is 15.9 Å². The monoisotopic (exact) mass is 346 g/mol. The van der Waals surface area contributed by atoms with Crippen molar-refractivity contribution in [1.29, 1.82) is 0 Å². The molecule has 3 rings (SSSR count). The summed E-state index contributed by atoms with van der Waals surface area (Å²) in [6.45, 7) is 0.505. The SMILES string of the molecule is O=C(Nc1ccccc1Cn1cncn1)c1ccc(Cl)cc1Cl. The number of hydrogen-bond acceptors (Lipinski definition) is 3. The second-order valence-corrected chi connectivity index (χ2v) is 5.67. The Hall–Kier alpha value is -2.37. The summed E-state index contributed by atoms with van der Waals surface area (Å²) in [5.41, 5.74) is 1.97. The molecule has 0 aliphatic heterocycles. The molecule has 2 aromatic carbocycles. The van der Waals surface area contributed by atoms with E-state index in [-0.39, 0.29) is 5.91 Å². The number of anilines is 1. The quantitative estimate of drug-likeness (QED) is 0.779. The van der Waals surface area contributed by atoms with Crippen molar-refractivity contribution in [2.75, 3.05) is 5.32 Å². The zero-order chi connectivity index (χ0) is 16.2. The van der Waals surface area contributed by atoms with E-state index in [4.69, 9.17) is 23.2 Å². The van der Waals surface area contributed by atoms with Gasteiger partial charge in [0, 0.05) is 10.7 Å². The lowest BCUT2D eigenvalue weighted by molar-refractivity contribution is 0.102. The fraction of sp³-hybridized carbons (Fsp3) is 0.0625. The van der Waals surface area contributed by atoms with E-state index in [0.717, 1.165) is 5.56 Å². The lowest BCUT2D eigenvalue weighted by Gasteiger charge is -2.12. The van der Waals surface area contributed by atoms with Crippen LogP contribution in [0, 0.1) is 0 Å². The Balaban J connectivity index is 1.83. The maximum Gasteiger partial charge on any atom is 0.257 e. The average molecular weight is 347 g/mol. The molecule has 0 aliphatic carbocycles. The highest BCUT2D eigenvalue weighted by molar-refractivity contribution is 6.37. The highest BCUT2D eigenvalue weighted by Gasteiger charge is 2.13. The number of benzene rings is 2. The summed E-state index contributed by atoms with van der Waals surface area (Å²) in [6.07, 6.45) is 3.09. The fourth-order valence-electron chi connectivity index (χ4n) is 2.13. The van der Waals surface area contributed by atoms with Crippen LogP contribution < -0.4 is 5.32 Å². The Labute approximate surface area is 142 Å². The molecule has 0 bridgehead atoms. The molecule has 116 valence electrons. The van der Waals surface area contributed by atoms with Crippen molar-refractivity contribution in [3.63, 3.8) is 0 Å². The van der Waals surface area contributed by atoms with Crippen LogP contribution in [0.2, 0.25) is 10.0 Å². The van der Waals surface area contributed by atoms with Gasteiger partial charge in [-0.25, -0.2) is 9.67 Å². The summed E-state index contributed by atoms with van der Waals surface area (Å²) in [6, 6.07) is 12.3. The molecule has 5 nitrogen and oxygen atoms in total. The fourth-order valence-corrected chi connectivity index (χ4v) is 2.63. The molecule has 23 heavy (non-hydrogen) atoms. The number of carbonyl (C=O) groups is 1. The molecule has 0 aliphatic rings. The summed E-state index contributed by atoms with van der Waals surface area (Å²) in [5, 5.41) is 7.74. The van der Waals surface area contributed by atoms with Crippen LogP contribution in [0.15, 0.2) is 55.1 Å². The molecule has 0 atom stereocenters. The van der Waals surface area contributed by atoms with E-state index in [1.165, 1.54) is 6.33 Å². The maximum absolute atomic E-state index is 12.4. The number of carbonyl (C=O) groups excluding carboxylic acids is 1. The van der Waals surface area contributed by atoms with Crippen LogP contribution in [-0.4, -0.2) is 20.7 Å². The van der Waals surface area contributed by atoms with Crippen molar-refractivity contribution in [3.8, 4) is 0 Å². The molecule has 0 saturated carbocycles. The molecule has 0 radical (unpaired) electrons. The Morgan fingerprint density at radius 1 is 1.17 bits per heavy atom. The molecule has 0 spiro atoms. The molecular formula is C16H12Cl2N4O. The van der Waals surface area contributed by atoms with Gasteiger partial charge in [-0.2, -0.15) is 5.10 Å². The van der Waals surface area contributed by atoms with Gasteiger partial charge in [-0.3, -0.25) is 4.79 Å². The topological polar surface area (TPSA) is 59.8 Å². The second-order valence-electron chi connectivity index (χ2n) is 4.83. The predicted molar refractivity (Wildman–Crippen MR) is 90.0 cm³/mol. The van der Waals surface area contributed by atoms with Gasteiger partial charge in [-0.1, -0.05) is 41.4 Å². The number of rotatable bonds is 4. The van der Waals surface area contributed by atoms with Gasteiger partial charge in [0.1, 0.15) is 12.7 Å². The largest absolute Gasteiger partial charge is 0.322 e. The van der Waals surface area contributed by atoms with Crippen molar-refractivity contribution in [2.45, 2.75) is 6.54 Å². The Morgan fingerprint density at radius 2 is 2.00 bits per heavy atom. The molecule has 0 fully saturated rings. The minimum absolute atomic E-state index is 0.294. The Bertz CT molecular complexity index is 834. The van der Waals surface area contributed by atoms with Gasteiger partial charge in [-0.15, -0.1) is 0 Å². The highest BCUT2D eigenvalue weighted by Crippen LogP contribution is 2.23. The molecule has 7 heteroatoms. The molecule has 1 aromatic heterocycles. The van der Waals surface area contributed by atoms with Crippen molar-refractivity contribution >= 4 is 34.8 Å². The normalized spacial score (nSPS) is 10.5. The number of aromatic nitrogens is 3. The van der Waals surface area contributed by atoms with Gasteiger partial charge < -0.3 is 5.32 Å². The molecule has 1 amide bonds. The standard InChI is InChI=1S/C16H12Cl2N4O/c17-12-5-6-13(14(18)7-12)16(23)21-15-4-2-1-3-11(15)8-22-10-19-9-20-22/h1-7,9-10H,8H2,(H,21,23). The first-order valence-electron chi connectivity index (χ1n) is 6.80. The van der Waals surface area contributed by atoms with E-state index in [0.29, 0.717) is 27.8 Å². The first kappa shape index (κ1) is 15.5. The molecule has 0 saturated heterocycles. The third-order valence-corrected chi connectivity index (χ3v) is 3.79. The highest BCUT2D eigenvalue weighted by atomic mass is 35.5. The Kier molecular flexibility index (Phi) is 4.60. The van der Waals surface area contributed by atoms with Crippen molar-refractivity contribution < 1.29 is 4.79 Å². The van der Waals surface area contributed by atoms with E-state index in [1.807, 2.05) is 24.3 Å². The van der Waals surface area contributed by atoms with Crippen molar-refractivity contribution in [3.05, 3.63) is 76.3 Å². The minimum atomic E-state index is -0.294. The third kappa shape index (κ3) is 3.70. The molecular weight excluding hydrogens is 335 g/mol. The number of nitrogens with zero attached hydrogens (tertiary/aromatic N) is 3. The van der Waals surface area contributed by atoms with Crippen LogP contribution in [-0.2, 0) is 6.54 Å². The average Bonchev–Trinajstić information content (AvgIpc) is 3.02. The van der Waals surface area contributed by atoms with Crippen LogP contribution in [0.3, 0.4) is 0 Å². The van der Waals surface area contributed by atoms with E-state index in [1.54, 1.807) is 29.2 Å². The maximum atomic E-state index is 12.4. The zero-order valence-electron chi connectivity index (χ0n) is 11.9.